The van der Waals surface area contributed by atoms with Gasteiger partial charge in [-0.3, -0.25) is 39.2 Å². The summed E-state index contributed by atoms with van der Waals surface area (Å²) in [5, 5.41) is 6.64. The standard InChI is InChI=1S/C46H50ClFN4O7/c1-28(29-12-14-30(15-13-29)33-22-23-49-37-19-16-31(48)26-35(33)37)43(54)50-32-17-18-36(47)40(27-32)59-25-8-6-4-2-3-5-7-24-58-39-11-9-10-34-42(39)46(57)52(45(34)56)38-20-21-41(53)51-44(38)55/h9-11,16-19,22-23,26-30,38H,2-8,12-15,20-21,24-25H2,1H3,(H,50,54)(H,51,53,55)/t28-,29?,30?,38?/m1/s1. The van der Waals surface area contributed by atoms with E-state index in [4.69, 9.17) is 21.1 Å². The van der Waals surface area contributed by atoms with Crippen LogP contribution in [-0.4, -0.2) is 58.7 Å². The van der Waals surface area contributed by atoms with Gasteiger partial charge in [-0.25, -0.2) is 4.39 Å². The molecule has 4 aromatic rings. The van der Waals surface area contributed by atoms with E-state index in [0.29, 0.717) is 41.3 Å². The Labute approximate surface area is 348 Å². The predicted molar refractivity (Wildman–Crippen MR) is 222 cm³/mol. The molecule has 59 heavy (non-hydrogen) atoms. The SMILES string of the molecule is C[C@@H](C(=O)Nc1ccc(Cl)c(OCCCCCCCCCOc2cccc3c2C(=O)N(C2CCC(=O)NC2=O)C3=O)c1)C1CCC(c2ccnc3ccc(F)cc23)CC1. The molecule has 13 heteroatoms. The van der Waals surface area contributed by atoms with E-state index in [1.807, 2.05) is 13.0 Å². The molecule has 1 saturated heterocycles. The van der Waals surface area contributed by atoms with E-state index in [1.165, 1.54) is 6.07 Å². The van der Waals surface area contributed by atoms with Gasteiger partial charge in [0, 0.05) is 35.7 Å². The smallest absolute Gasteiger partial charge is 0.266 e. The number of anilines is 1. The number of piperidine rings is 1. The lowest BCUT2D eigenvalue weighted by Crippen LogP contribution is -2.54. The van der Waals surface area contributed by atoms with Gasteiger partial charge in [-0.2, -0.15) is 0 Å². The van der Waals surface area contributed by atoms with Crippen LogP contribution >= 0.6 is 11.6 Å². The van der Waals surface area contributed by atoms with Gasteiger partial charge >= 0.3 is 0 Å². The first-order chi connectivity index (χ1) is 28.6. The van der Waals surface area contributed by atoms with E-state index < -0.39 is 29.7 Å². The zero-order valence-electron chi connectivity index (χ0n) is 33.3. The van der Waals surface area contributed by atoms with Crippen LogP contribution in [0, 0.1) is 17.7 Å². The van der Waals surface area contributed by atoms with Gasteiger partial charge < -0.3 is 14.8 Å². The number of aromatic nitrogens is 1. The summed E-state index contributed by atoms with van der Waals surface area (Å²) in [6.45, 7) is 2.88. The number of imide groups is 2. The molecule has 2 fully saturated rings. The number of amides is 5. The highest BCUT2D eigenvalue weighted by Crippen LogP contribution is 2.41. The van der Waals surface area contributed by atoms with Crippen LogP contribution in [0.15, 0.2) is 66.9 Å². The van der Waals surface area contributed by atoms with Gasteiger partial charge in [-0.05, 0) is 111 Å². The van der Waals surface area contributed by atoms with Crippen molar-refractivity contribution in [3.63, 3.8) is 0 Å². The fraction of sp³-hybridized carbons (Fsp3) is 0.435. The molecule has 2 aliphatic heterocycles. The van der Waals surface area contributed by atoms with Crippen molar-refractivity contribution in [3.05, 3.63) is 94.4 Å². The Hall–Kier alpha value is -5.36. The maximum absolute atomic E-state index is 14.0. The van der Waals surface area contributed by atoms with Crippen molar-refractivity contribution >= 4 is 57.7 Å². The highest BCUT2D eigenvalue weighted by Gasteiger charge is 2.46. The predicted octanol–water partition coefficient (Wildman–Crippen LogP) is 9.17. The highest BCUT2D eigenvalue weighted by molar-refractivity contribution is 6.32. The lowest BCUT2D eigenvalue weighted by molar-refractivity contribution is -0.136. The van der Waals surface area contributed by atoms with Crippen molar-refractivity contribution in [2.75, 3.05) is 18.5 Å². The van der Waals surface area contributed by atoms with Crippen molar-refractivity contribution in [3.8, 4) is 11.5 Å². The Morgan fingerprint density at radius 1 is 0.864 bits per heavy atom. The number of ether oxygens (including phenoxy) is 2. The zero-order chi connectivity index (χ0) is 41.5. The van der Waals surface area contributed by atoms with E-state index in [-0.39, 0.29) is 47.5 Å². The number of benzene rings is 3. The largest absolute Gasteiger partial charge is 0.493 e. The average molecular weight is 825 g/mol. The van der Waals surface area contributed by atoms with Crippen molar-refractivity contribution < 1.29 is 37.8 Å². The fourth-order valence-electron chi connectivity index (χ4n) is 8.64. The Balaban J connectivity index is 0.771. The molecule has 1 unspecified atom stereocenters. The summed E-state index contributed by atoms with van der Waals surface area (Å²) < 4.78 is 26.0. The number of fused-ring (bicyclic) bond motifs is 2. The molecule has 1 aliphatic carbocycles. The molecular formula is C46H50ClFN4O7. The van der Waals surface area contributed by atoms with Crippen molar-refractivity contribution in [2.45, 2.75) is 102 Å². The molecule has 11 nitrogen and oxygen atoms in total. The van der Waals surface area contributed by atoms with Gasteiger partial charge in [0.25, 0.3) is 11.8 Å². The Kier molecular flexibility index (Phi) is 13.6. The molecule has 5 amide bonds. The van der Waals surface area contributed by atoms with Crippen LogP contribution in [0.5, 0.6) is 11.5 Å². The molecule has 3 aliphatic rings. The summed E-state index contributed by atoms with van der Waals surface area (Å²) in [6.07, 6.45) is 12.4. The van der Waals surface area contributed by atoms with Gasteiger partial charge in [-0.15, -0.1) is 0 Å². The quantitative estimate of drug-likeness (QED) is 0.0793. The summed E-state index contributed by atoms with van der Waals surface area (Å²) in [5.74, 6) is -1.21. The number of nitrogens with zero attached hydrogens (tertiary/aromatic N) is 2. The average Bonchev–Trinajstić information content (AvgIpc) is 3.49. The Morgan fingerprint density at radius 2 is 1.58 bits per heavy atom. The first-order valence-electron chi connectivity index (χ1n) is 20.8. The maximum atomic E-state index is 14.0. The van der Waals surface area contributed by atoms with Gasteiger partial charge in [0.05, 0.1) is 34.9 Å². The highest BCUT2D eigenvalue weighted by atomic mass is 35.5. The molecule has 2 N–H and O–H groups in total. The number of nitrogens with one attached hydrogen (secondary N) is 2. The molecule has 2 atom stereocenters. The Bertz CT molecular complexity index is 2220. The number of rotatable bonds is 17. The number of hydrogen-bond donors (Lipinski definition) is 2. The summed E-state index contributed by atoms with van der Waals surface area (Å²) in [4.78, 5) is 68.9. The third-order valence-electron chi connectivity index (χ3n) is 12.0. The van der Waals surface area contributed by atoms with Gasteiger partial charge in [-0.1, -0.05) is 56.7 Å². The van der Waals surface area contributed by atoms with Crippen LogP contribution in [0.25, 0.3) is 10.9 Å². The van der Waals surface area contributed by atoms with E-state index in [0.717, 1.165) is 92.0 Å². The van der Waals surface area contributed by atoms with Crippen molar-refractivity contribution in [2.24, 2.45) is 11.8 Å². The number of carbonyl (C=O) groups is 5. The van der Waals surface area contributed by atoms with Gasteiger partial charge in [0.2, 0.25) is 17.7 Å². The minimum absolute atomic E-state index is 0.0294. The van der Waals surface area contributed by atoms with Crippen molar-refractivity contribution in [1.29, 1.82) is 0 Å². The number of halogens is 2. The number of unbranched alkanes of at least 4 members (excludes halogenated alkanes) is 6. The summed E-state index contributed by atoms with van der Waals surface area (Å²) in [7, 11) is 0. The van der Waals surface area contributed by atoms with E-state index in [1.54, 1.807) is 54.7 Å². The van der Waals surface area contributed by atoms with Crippen LogP contribution in [0.3, 0.4) is 0 Å². The number of pyridine rings is 1. The van der Waals surface area contributed by atoms with Crippen LogP contribution in [-0.2, 0) is 14.4 Å². The van der Waals surface area contributed by atoms with E-state index >= 15 is 0 Å². The lowest BCUT2D eigenvalue weighted by atomic mass is 9.73. The van der Waals surface area contributed by atoms with Crippen LogP contribution in [0.4, 0.5) is 10.1 Å². The van der Waals surface area contributed by atoms with Crippen LogP contribution in [0.1, 0.15) is 123 Å². The molecule has 0 bridgehead atoms. The lowest BCUT2D eigenvalue weighted by Gasteiger charge is -2.32. The molecule has 0 spiro atoms. The maximum Gasteiger partial charge on any atom is 0.266 e. The fourth-order valence-corrected chi connectivity index (χ4v) is 8.82. The molecule has 3 aromatic carbocycles. The first kappa shape index (κ1) is 41.8. The van der Waals surface area contributed by atoms with E-state index in [2.05, 4.69) is 15.6 Å². The van der Waals surface area contributed by atoms with Crippen LogP contribution in [0.2, 0.25) is 5.02 Å². The second-order valence-electron chi connectivity index (χ2n) is 15.9. The minimum Gasteiger partial charge on any atom is -0.493 e. The van der Waals surface area contributed by atoms with Crippen LogP contribution < -0.4 is 20.1 Å². The van der Waals surface area contributed by atoms with E-state index in [9.17, 15) is 28.4 Å². The van der Waals surface area contributed by atoms with Gasteiger partial charge in [0.15, 0.2) is 0 Å². The third kappa shape index (κ3) is 9.75. The first-order valence-corrected chi connectivity index (χ1v) is 21.2. The molecule has 0 radical (unpaired) electrons. The summed E-state index contributed by atoms with van der Waals surface area (Å²) in [5.41, 5.74) is 2.96. The normalized spacial score (nSPS) is 19.7. The molecule has 310 valence electrons. The zero-order valence-corrected chi connectivity index (χ0v) is 34.0. The molecule has 3 heterocycles. The second kappa shape index (κ2) is 19.1. The molecule has 1 aromatic heterocycles. The third-order valence-corrected chi connectivity index (χ3v) is 12.3. The second-order valence-corrected chi connectivity index (χ2v) is 16.3. The number of carbonyl (C=O) groups excluding carboxylic acids is 5. The van der Waals surface area contributed by atoms with Gasteiger partial charge in [0.1, 0.15) is 23.4 Å². The summed E-state index contributed by atoms with van der Waals surface area (Å²) >= 11 is 6.45. The molecular weight excluding hydrogens is 775 g/mol. The minimum atomic E-state index is -1.02. The van der Waals surface area contributed by atoms with Crippen molar-refractivity contribution in [1.82, 2.24) is 15.2 Å². The topological polar surface area (TPSA) is 144 Å². The monoisotopic (exact) mass is 824 g/mol. The molecule has 1 saturated carbocycles. The molecule has 7 rings (SSSR count). The Morgan fingerprint density at radius 3 is 2.31 bits per heavy atom. The summed E-state index contributed by atoms with van der Waals surface area (Å²) in [6, 6.07) is 15.9. The number of hydrogen-bond acceptors (Lipinski definition) is 8.